The summed E-state index contributed by atoms with van der Waals surface area (Å²) in [5.41, 5.74) is 1.35. The zero-order valence-electron chi connectivity index (χ0n) is 11.7. The topological polar surface area (TPSA) is 41.5 Å². The van der Waals surface area contributed by atoms with Gasteiger partial charge in [0.1, 0.15) is 5.75 Å². The van der Waals surface area contributed by atoms with E-state index in [1.807, 2.05) is 12.1 Å². The highest BCUT2D eigenvalue weighted by Gasteiger charge is 2.08. The molecule has 3 heteroatoms. The molecule has 0 heterocycles. The molecule has 0 spiro atoms. The van der Waals surface area contributed by atoms with Gasteiger partial charge in [0.2, 0.25) is 0 Å². The molecule has 0 radical (unpaired) electrons. The van der Waals surface area contributed by atoms with Crippen LogP contribution < -0.4 is 10.1 Å². The standard InChI is InChI=1S/C15H25NO2/c1-15(2,3)16-12-13-7-6-8-14(11-13)18-10-5-4-9-17/h6-8,11,16-17H,4-5,9-10,12H2,1-3H3. The van der Waals surface area contributed by atoms with E-state index in [1.165, 1.54) is 5.56 Å². The number of hydrogen-bond acceptors (Lipinski definition) is 3. The minimum atomic E-state index is 0.123. The Labute approximate surface area is 110 Å². The smallest absolute Gasteiger partial charge is 0.119 e. The first-order valence-electron chi connectivity index (χ1n) is 6.59. The van der Waals surface area contributed by atoms with Gasteiger partial charge in [0, 0.05) is 18.7 Å². The first-order valence-corrected chi connectivity index (χ1v) is 6.59. The molecule has 1 rings (SSSR count). The second-order valence-electron chi connectivity index (χ2n) is 5.53. The molecule has 0 saturated heterocycles. The Hall–Kier alpha value is -1.06. The van der Waals surface area contributed by atoms with Crippen LogP contribution in [0.15, 0.2) is 24.3 Å². The molecule has 18 heavy (non-hydrogen) atoms. The molecule has 0 atom stereocenters. The average Bonchev–Trinajstić information content (AvgIpc) is 2.32. The Kier molecular flexibility index (Phi) is 6.16. The molecule has 3 nitrogen and oxygen atoms in total. The summed E-state index contributed by atoms with van der Waals surface area (Å²) in [5.74, 6) is 0.904. The fourth-order valence-electron chi connectivity index (χ4n) is 1.52. The number of hydrogen-bond donors (Lipinski definition) is 2. The number of rotatable bonds is 7. The minimum absolute atomic E-state index is 0.123. The van der Waals surface area contributed by atoms with Crippen LogP contribution >= 0.6 is 0 Å². The van der Waals surface area contributed by atoms with Crippen molar-refractivity contribution in [2.75, 3.05) is 13.2 Å². The lowest BCUT2D eigenvalue weighted by Gasteiger charge is -2.20. The van der Waals surface area contributed by atoms with Gasteiger partial charge in [-0.15, -0.1) is 0 Å². The SMILES string of the molecule is CC(C)(C)NCc1cccc(OCCCCO)c1. The van der Waals surface area contributed by atoms with Crippen LogP contribution in [0, 0.1) is 0 Å². The van der Waals surface area contributed by atoms with Crippen LogP contribution in [0.2, 0.25) is 0 Å². The average molecular weight is 251 g/mol. The van der Waals surface area contributed by atoms with Gasteiger partial charge in [0.15, 0.2) is 0 Å². The van der Waals surface area contributed by atoms with Gasteiger partial charge in [-0.2, -0.15) is 0 Å². The quantitative estimate of drug-likeness (QED) is 0.732. The maximum absolute atomic E-state index is 8.69. The highest BCUT2D eigenvalue weighted by atomic mass is 16.5. The van der Waals surface area contributed by atoms with Crippen molar-refractivity contribution >= 4 is 0 Å². The van der Waals surface area contributed by atoms with E-state index >= 15 is 0 Å². The number of aliphatic hydroxyl groups is 1. The number of nitrogens with one attached hydrogen (secondary N) is 1. The normalized spacial score (nSPS) is 11.6. The maximum Gasteiger partial charge on any atom is 0.119 e. The lowest BCUT2D eigenvalue weighted by molar-refractivity contribution is 0.253. The van der Waals surface area contributed by atoms with Crippen LogP contribution in [0.1, 0.15) is 39.2 Å². The highest BCUT2D eigenvalue weighted by molar-refractivity contribution is 5.28. The van der Waals surface area contributed by atoms with E-state index in [-0.39, 0.29) is 12.1 Å². The van der Waals surface area contributed by atoms with Gasteiger partial charge >= 0.3 is 0 Å². The molecule has 0 aromatic heterocycles. The van der Waals surface area contributed by atoms with Crippen molar-refractivity contribution in [3.8, 4) is 5.75 Å². The minimum Gasteiger partial charge on any atom is -0.494 e. The molecule has 0 aliphatic heterocycles. The molecule has 1 aromatic rings. The number of unbranched alkanes of at least 4 members (excludes halogenated alkanes) is 1. The predicted molar refractivity (Wildman–Crippen MR) is 74.8 cm³/mol. The predicted octanol–water partition coefficient (Wildman–Crippen LogP) is 2.73. The van der Waals surface area contributed by atoms with Crippen molar-refractivity contribution in [1.82, 2.24) is 5.32 Å². The molecule has 0 amide bonds. The van der Waals surface area contributed by atoms with E-state index in [0.29, 0.717) is 6.61 Å². The van der Waals surface area contributed by atoms with Crippen LogP contribution in [-0.2, 0) is 6.54 Å². The summed E-state index contributed by atoms with van der Waals surface area (Å²) in [7, 11) is 0. The second kappa shape index (κ2) is 7.39. The summed E-state index contributed by atoms with van der Waals surface area (Å²) in [6, 6.07) is 8.15. The Morgan fingerprint density at radius 2 is 2.00 bits per heavy atom. The van der Waals surface area contributed by atoms with Gasteiger partial charge in [-0.3, -0.25) is 0 Å². The maximum atomic E-state index is 8.69. The third kappa shape index (κ3) is 6.62. The summed E-state index contributed by atoms with van der Waals surface area (Å²) in [6.45, 7) is 8.21. The van der Waals surface area contributed by atoms with Crippen LogP contribution in [0.5, 0.6) is 5.75 Å². The van der Waals surface area contributed by atoms with E-state index in [9.17, 15) is 0 Å². The van der Waals surface area contributed by atoms with Gasteiger partial charge in [-0.25, -0.2) is 0 Å². The van der Waals surface area contributed by atoms with Gasteiger partial charge < -0.3 is 15.2 Å². The first-order chi connectivity index (χ1) is 8.51. The third-order valence-electron chi connectivity index (χ3n) is 2.54. The number of benzene rings is 1. The van der Waals surface area contributed by atoms with Crippen molar-refractivity contribution < 1.29 is 9.84 Å². The largest absolute Gasteiger partial charge is 0.494 e. The Morgan fingerprint density at radius 1 is 1.22 bits per heavy atom. The summed E-state index contributed by atoms with van der Waals surface area (Å²) in [6.07, 6.45) is 1.69. The molecule has 2 N–H and O–H groups in total. The van der Waals surface area contributed by atoms with Gasteiger partial charge in [0.05, 0.1) is 6.61 Å². The summed E-state index contributed by atoms with van der Waals surface area (Å²) < 4.78 is 5.64. The molecule has 1 aromatic carbocycles. The van der Waals surface area contributed by atoms with Gasteiger partial charge in [-0.05, 0) is 51.3 Å². The summed E-state index contributed by atoms with van der Waals surface area (Å²) in [5, 5.41) is 12.1. The Balaban J connectivity index is 2.41. The van der Waals surface area contributed by atoms with E-state index in [0.717, 1.165) is 25.1 Å². The molecular formula is C15H25NO2. The zero-order valence-corrected chi connectivity index (χ0v) is 11.7. The molecule has 0 aliphatic carbocycles. The van der Waals surface area contributed by atoms with E-state index < -0.39 is 0 Å². The molecule has 102 valence electrons. The number of aliphatic hydroxyl groups excluding tert-OH is 1. The van der Waals surface area contributed by atoms with E-state index in [4.69, 9.17) is 9.84 Å². The van der Waals surface area contributed by atoms with Crippen molar-refractivity contribution in [2.45, 2.75) is 45.7 Å². The van der Waals surface area contributed by atoms with Crippen LogP contribution in [0.4, 0.5) is 0 Å². The summed E-state index contributed by atoms with van der Waals surface area (Å²) >= 11 is 0. The van der Waals surface area contributed by atoms with Crippen molar-refractivity contribution in [1.29, 1.82) is 0 Å². The lowest BCUT2D eigenvalue weighted by Crippen LogP contribution is -2.35. The van der Waals surface area contributed by atoms with E-state index in [1.54, 1.807) is 0 Å². The van der Waals surface area contributed by atoms with Gasteiger partial charge in [0.25, 0.3) is 0 Å². The fraction of sp³-hybridized carbons (Fsp3) is 0.600. The Bertz CT molecular complexity index is 345. The molecule has 0 bridgehead atoms. The molecular weight excluding hydrogens is 226 g/mol. The first kappa shape index (κ1) is 15.0. The third-order valence-corrected chi connectivity index (χ3v) is 2.54. The molecule has 0 aliphatic rings. The second-order valence-corrected chi connectivity index (χ2v) is 5.53. The number of ether oxygens (including phenoxy) is 1. The fourth-order valence-corrected chi connectivity index (χ4v) is 1.52. The van der Waals surface area contributed by atoms with Crippen LogP contribution in [-0.4, -0.2) is 23.9 Å². The van der Waals surface area contributed by atoms with Crippen molar-refractivity contribution in [3.63, 3.8) is 0 Å². The molecule has 0 unspecified atom stereocenters. The zero-order chi connectivity index (χ0) is 13.4. The lowest BCUT2D eigenvalue weighted by atomic mass is 10.1. The Morgan fingerprint density at radius 3 is 2.67 bits per heavy atom. The monoisotopic (exact) mass is 251 g/mol. The van der Waals surface area contributed by atoms with Crippen LogP contribution in [0.25, 0.3) is 0 Å². The van der Waals surface area contributed by atoms with E-state index in [2.05, 4.69) is 38.2 Å². The van der Waals surface area contributed by atoms with Crippen molar-refractivity contribution in [3.05, 3.63) is 29.8 Å². The molecule has 0 saturated carbocycles. The van der Waals surface area contributed by atoms with Gasteiger partial charge in [-0.1, -0.05) is 12.1 Å². The highest BCUT2D eigenvalue weighted by Crippen LogP contribution is 2.14. The summed E-state index contributed by atoms with van der Waals surface area (Å²) in [4.78, 5) is 0. The van der Waals surface area contributed by atoms with Crippen molar-refractivity contribution in [2.24, 2.45) is 0 Å². The van der Waals surface area contributed by atoms with Crippen LogP contribution in [0.3, 0.4) is 0 Å². The molecule has 0 fully saturated rings.